The van der Waals surface area contributed by atoms with Crippen molar-refractivity contribution in [1.29, 1.82) is 0 Å². The van der Waals surface area contributed by atoms with Gasteiger partial charge in [-0.3, -0.25) is 15.1 Å². The van der Waals surface area contributed by atoms with Gasteiger partial charge in [0.25, 0.3) is 0 Å². The molecule has 0 atom stereocenters. The van der Waals surface area contributed by atoms with Crippen LogP contribution in [0, 0.1) is 0 Å². The van der Waals surface area contributed by atoms with Crippen LogP contribution in [0.15, 0.2) is 73.4 Å². The zero-order valence-corrected chi connectivity index (χ0v) is 15.6. The predicted molar refractivity (Wildman–Crippen MR) is 113 cm³/mol. The van der Waals surface area contributed by atoms with E-state index < -0.39 is 0 Å². The Balaban J connectivity index is 1.52. The maximum absolute atomic E-state index is 4.80. The third-order valence-corrected chi connectivity index (χ3v) is 4.96. The lowest BCUT2D eigenvalue weighted by molar-refractivity contribution is 1.09. The summed E-state index contributed by atoms with van der Waals surface area (Å²) in [5.41, 5.74) is 6.51. The number of pyridine rings is 4. The molecule has 6 aromatic rings. The minimum atomic E-state index is 0.622. The normalized spacial score (nSPS) is 11.3. The molecule has 0 spiro atoms. The van der Waals surface area contributed by atoms with Crippen molar-refractivity contribution in [2.75, 3.05) is 0 Å². The number of fused-ring (bicyclic) bond motifs is 2. The Morgan fingerprint density at radius 3 is 2.63 bits per heavy atom. The summed E-state index contributed by atoms with van der Waals surface area (Å²) < 4.78 is 0. The van der Waals surface area contributed by atoms with Gasteiger partial charge in [-0.15, -0.1) is 0 Å². The second-order valence-electron chi connectivity index (χ2n) is 6.79. The van der Waals surface area contributed by atoms with Crippen LogP contribution in [-0.2, 0) is 0 Å². The van der Waals surface area contributed by atoms with E-state index >= 15 is 0 Å². The zero-order chi connectivity index (χ0) is 19.9. The smallest absolute Gasteiger partial charge is 0.161 e. The van der Waals surface area contributed by atoms with Crippen LogP contribution in [0.25, 0.3) is 56.1 Å². The lowest BCUT2D eigenvalue weighted by Crippen LogP contribution is -1.85. The van der Waals surface area contributed by atoms with E-state index in [2.05, 4.69) is 35.1 Å². The van der Waals surface area contributed by atoms with Crippen molar-refractivity contribution in [3.63, 3.8) is 0 Å². The minimum Gasteiger partial charge on any atom is -0.321 e. The molecule has 0 amide bonds. The highest BCUT2D eigenvalue weighted by molar-refractivity contribution is 5.95. The SMILES string of the molecule is c1ccc(-c2ccnc3[nH]c(-c4n[nH]c5ncc(-c6cccnc6)cc45)nc23)nc1. The van der Waals surface area contributed by atoms with Crippen molar-refractivity contribution in [3.05, 3.63) is 73.4 Å². The number of imidazole rings is 1. The zero-order valence-electron chi connectivity index (χ0n) is 15.6. The van der Waals surface area contributed by atoms with Gasteiger partial charge in [0.2, 0.25) is 0 Å². The van der Waals surface area contributed by atoms with Crippen LogP contribution in [0.3, 0.4) is 0 Å². The van der Waals surface area contributed by atoms with Gasteiger partial charge in [-0.05, 0) is 30.3 Å². The van der Waals surface area contributed by atoms with Crippen molar-refractivity contribution in [2.45, 2.75) is 0 Å². The van der Waals surface area contributed by atoms with E-state index in [9.17, 15) is 0 Å². The standard InChI is InChI=1S/C22H14N8/c1-2-8-24-17(5-1)15-6-9-25-21-18(15)27-22(28-21)19-16-10-14(12-26-20(16)30-29-19)13-4-3-7-23-11-13/h1-12H,(H,25,27,28)(H,26,29,30). The number of nitrogens with one attached hydrogen (secondary N) is 2. The van der Waals surface area contributed by atoms with Crippen LogP contribution in [0.2, 0.25) is 0 Å². The minimum absolute atomic E-state index is 0.622. The van der Waals surface area contributed by atoms with E-state index in [1.807, 2.05) is 48.7 Å². The van der Waals surface area contributed by atoms with Crippen LogP contribution < -0.4 is 0 Å². The number of H-pyrrole nitrogens is 2. The van der Waals surface area contributed by atoms with Crippen molar-refractivity contribution >= 4 is 22.2 Å². The van der Waals surface area contributed by atoms with Gasteiger partial charge in [0, 0.05) is 47.7 Å². The van der Waals surface area contributed by atoms with Crippen LogP contribution in [-0.4, -0.2) is 40.1 Å². The summed E-state index contributed by atoms with van der Waals surface area (Å²) in [6.45, 7) is 0. The fourth-order valence-electron chi connectivity index (χ4n) is 3.53. The molecule has 0 saturated carbocycles. The van der Waals surface area contributed by atoms with Crippen molar-refractivity contribution in [1.82, 2.24) is 40.1 Å². The average molecular weight is 390 g/mol. The lowest BCUT2D eigenvalue weighted by Gasteiger charge is -2.00. The fourth-order valence-corrected chi connectivity index (χ4v) is 3.53. The second-order valence-corrected chi connectivity index (χ2v) is 6.79. The molecule has 6 rings (SSSR count). The Bertz CT molecular complexity index is 1490. The summed E-state index contributed by atoms with van der Waals surface area (Å²) in [5, 5.41) is 8.31. The third kappa shape index (κ3) is 2.62. The molecule has 0 bridgehead atoms. The Morgan fingerprint density at radius 2 is 1.77 bits per heavy atom. The Kier molecular flexibility index (Phi) is 3.60. The van der Waals surface area contributed by atoms with E-state index in [4.69, 9.17) is 4.98 Å². The van der Waals surface area contributed by atoms with E-state index in [0.717, 1.165) is 33.3 Å². The van der Waals surface area contributed by atoms with Gasteiger partial charge in [0.1, 0.15) is 11.2 Å². The quantitative estimate of drug-likeness (QED) is 0.472. The molecule has 6 heterocycles. The molecule has 0 saturated heterocycles. The first kappa shape index (κ1) is 16.5. The number of hydrogen-bond donors (Lipinski definition) is 2. The summed E-state index contributed by atoms with van der Waals surface area (Å²) in [5.74, 6) is 0.622. The Hall–Kier alpha value is -4.46. The first-order chi connectivity index (χ1) is 14.9. The highest BCUT2D eigenvalue weighted by atomic mass is 15.2. The van der Waals surface area contributed by atoms with E-state index in [1.54, 1.807) is 24.8 Å². The maximum atomic E-state index is 4.80. The van der Waals surface area contributed by atoms with Crippen LogP contribution in [0.5, 0.6) is 0 Å². The summed E-state index contributed by atoms with van der Waals surface area (Å²) in [6.07, 6.45) is 8.88. The molecule has 6 aromatic heterocycles. The van der Waals surface area contributed by atoms with E-state index in [-0.39, 0.29) is 0 Å². The summed E-state index contributed by atoms with van der Waals surface area (Å²) in [4.78, 5) is 25.7. The molecule has 0 aliphatic heterocycles. The number of aromatic amines is 2. The van der Waals surface area contributed by atoms with E-state index in [0.29, 0.717) is 22.8 Å². The van der Waals surface area contributed by atoms with Gasteiger partial charge >= 0.3 is 0 Å². The molecule has 2 N–H and O–H groups in total. The van der Waals surface area contributed by atoms with E-state index in [1.165, 1.54) is 0 Å². The number of hydrogen-bond acceptors (Lipinski definition) is 6. The molecule has 8 nitrogen and oxygen atoms in total. The number of nitrogens with zero attached hydrogens (tertiary/aromatic N) is 6. The van der Waals surface area contributed by atoms with Gasteiger partial charge in [0.05, 0.1) is 11.1 Å². The van der Waals surface area contributed by atoms with Gasteiger partial charge < -0.3 is 4.98 Å². The van der Waals surface area contributed by atoms with Crippen molar-refractivity contribution in [3.8, 4) is 33.9 Å². The van der Waals surface area contributed by atoms with Gasteiger partial charge in [-0.2, -0.15) is 5.10 Å². The summed E-state index contributed by atoms with van der Waals surface area (Å²) in [6, 6.07) is 13.7. The fraction of sp³-hybridized carbons (Fsp3) is 0. The molecule has 0 radical (unpaired) electrons. The molecule has 0 unspecified atom stereocenters. The van der Waals surface area contributed by atoms with Crippen molar-refractivity contribution in [2.24, 2.45) is 0 Å². The van der Waals surface area contributed by atoms with Gasteiger partial charge in [-0.25, -0.2) is 15.0 Å². The third-order valence-electron chi connectivity index (χ3n) is 4.96. The summed E-state index contributed by atoms with van der Waals surface area (Å²) >= 11 is 0. The second kappa shape index (κ2) is 6.56. The first-order valence-electron chi connectivity index (χ1n) is 9.38. The molecule has 0 aromatic carbocycles. The van der Waals surface area contributed by atoms with Crippen LogP contribution >= 0.6 is 0 Å². The molecule has 30 heavy (non-hydrogen) atoms. The molecule has 0 aliphatic carbocycles. The molecular formula is C22H14N8. The number of aromatic nitrogens is 8. The van der Waals surface area contributed by atoms with Crippen molar-refractivity contribution < 1.29 is 0 Å². The molecular weight excluding hydrogens is 376 g/mol. The molecule has 142 valence electrons. The van der Waals surface area contributed by atoms with Gasteiger partial charge in [-0.1, -0.05) is 12.1 Å². The van der Waals surface area contributed by atoms with Crippen LogP contribution in [0.1, 0.15) is 0 Å². The molecule has 0 fully saturated rings. The largest absolute Gasteiger partial charge is 0.321 e. The first-order valence-corrected chi connectivity index (χ1v) is 9.38. The Morgan fingerprint density at radius 1 is 0.767 bits per heavy atom. The number of rotatable bonds is 3. The topological polar surface area (TPSA) is 109 Å². The van der Waals surface area contributed by atoms with Crippen LogP contribution in [0.4, 0.5) is 0 Å². The average Bonchev–Trinajstić information content (AvgIpc) is 3.43. The molecule has 8 heteroatoms. The monoisotopic (exact) mass is 390 g/mol. The van der Waals surface area contributed by atoms with Gasteiger partial charge in [0.15, 0.2) is 17.1 Å². The summed E-state index contributed by atoms with van der Waals surface area (Å²) in [7, 11) is 0. The maximum Gasteiger partial charge on any atom is 0.161 e. The Labute approximate surface area is 170 Å². The highest BCUT2D eigenvalue weighted by Gasteiger charge is 2.17. The lowest BCUT2D eigenvalue weighted by atomic mass is 10.1. The molecule has 0 aliphatic rings. The predicted octanol–water partition coefficient (Wildman–Crippen LogP) is 4.02. The highest BCUT2D eigenvalue weighted by Crippen LogP contribution is 2.31.